The Morgan fingerprint density at radius 1 is 1.12 bits per heavy atom. The molecule has 0 aliphatic carbocycles. The first-order valence-electron chi connectivity index (χ1n) is 7.68. The molecule has 0 aliphatic heterocycles. The van der Waals surface area contributed by atoms with Crippen molar-refractivity contribution in [1.82, 2.24) is 4.72 Å². The quantitative estimate of drug-likeness (QED) is 0.581. The summed E-state index contributed by atoms with van der Waals surface area (Å²) in [4.78, 5) is 12.0. The lowest BCUT2D eigenvalue weighted by Crippen LogP contribution is -2.27. The fraction of sp³-hybridized carbons (Fsp3) is 0.235. The molecule has 1 amide bonds. The molecule has 0 aromatic heterocycles. The molecule has 0 unspecified atom stereocenters. The van der Waals surface area contributed by atoms with Crippen molar-refractivity contribution >= 4 is 37.5 Å². The normalized spacial score (nSPS) is 11.2. The van der Waals surface area contributed by atoms with Crippen LogP contribution in [-0.4, -0.2) is 41.2 Å². The van der Waals surface area contributed by atoms with Crippen LogP contribution in [0.5, 0.6) is 5.75 Å². The van der Waals surface area contributed by atoms with Gasteiger partial charge in [-0.3, -0.25) is 4.79 Å². The van der Waals surface area contributed by atoms with Gasteiger partial charge < -0.3 is 14.8 Å². The maximum Gasteiger partial charge on any atom is 0.262 e. The minimum absolute atomic E-state index is 0.110. The summed E-state index contributed by atoms with van der Waals surface area (Å²) in [5.74, 6) is 0.0675. The average molecular weight is 443 g/mol. The van der Waals surface area contributed by atoms with Crippen LogP contribution in [0.2, 0.25) is 0 Å². The smallest absolute Gasteiger partial charge is 0.262 e. The van der Waals surface area contributed by atoms with Crippen molar-refractivity contribution in [2.45, 2.75) is 4.90 Å². The lowest BCUT2D eigenvalue weighted by atomic mass is 10.3. The van der Waals surface area contributed by atoms with Gasteiger partial charge in [-0.25, -0.2) is 13.1 Å². The van der Waals surface area contributed by atoms with E-state index in [1.54, 1.807) is 12.1 Å². The number of benzene rings is 2. The highest BCUT2D eigenvalue weighted by Crippen LogP contribution is 2.21. The van der Waals surface area contributed by atoms with Gasteiger partial charge in [-0.1, -0.05) is 12.1 Å². The molecule has 0 heterocycles. The molecule has 7 nitrogen and oxygen atoms in total. The fourth-order valence-corrected chi connectivity index (χ4v) is 3.37. The lowest BCUT2D eigenvalue weighted by Gasteiger charge is -2.10. The molecule has 0 atom stereocenters. The van der Waals surface area contributed by atoms with Gasteiger partial charge >= 0.3 is 0 Å². The maximum atomic E-state index is 12.0. The van der Waals surface area contributed by atoms with E-state index in [4.69, 9.17) is 9.47 Å². The van der Waals surface area contributed by atoms with E-state index in [2.05, 4.69) is 26.0 Å². The number of anilines is 1. The van der Waals surface area contributed by atoms with E-state index in [-0.39, 0.29) is 30.6 Å². The Morgan fingerprint density at radius 3 is 2.46 bits per heavy atom. The predicted molar refractivity (Wildman–Crippen MR) is 102 cm³/mol. The molecule has 0 radical (unpaired) electrons. The first-order valence-corrected chi connectivity index (χ1v) is 9.96. The number of sulfonamides is 1. The van der Waals surface area contributed by atoms with Gasteiger partial charge in [0.05, 0.1) is 17.2 Å². The highest BCUT2D eigenvalue weighted by molar-refractivity contribution is 9.10. The molecule has 2 aromatic carbocycles. The van der Waals surface area contributed by atoms with Crippen LogP contribution in [0.3, 0.4) is 0 Å². The summed E-state index contributed by atoms with van der Waals surface area (Å²) in [5.41, 5.74) is 0.643. The summed E-state index contributed by atoms with van der Waals surface area (Å²) < 4.78 is 37.5. The van der Waals surface area contributed by atoms with Crippen molar-refractivity contribution in [2.75, 3.05) is 32.2 Å². The molecule has 26 heavy (non-hydrogen) atoms. The molecule has 2 N–H and O–H groups in total. The first kappa shape index (κ1) is 20.4. The highest BCUT2D eigenvalue weighted by atomic mass is 79.9. The third-order valence-electron chi connectivity index (χ3n) is 3.25. The van der Waals surface area contributed by atoms with Gasteiger partial charge in [-0.15, -0.1) is 0 Å². The van der Waals surface area contributed by atoms with Crippen LogP contribution in [0, 0.1) is 0 Å². The average Bonchev–Trinajstić information content (AvgIpc) is 2.62. The van der Waals surface area contributed by atoms with Gasteiger partial charge in [0.15, 0.2) is 6.61 Å². The number of ether oxygens (including phenoxy) is 2. The van der Waals surface area contributed by atoms with E-state index in [1.165, 1.54) is 31.4 Å². The standard InChI is InChI=1S/C17H19BrN2O5S/c1-24-11-10-19-26(22,23)14-8-6-13(7-9-14)25-12-17(21)20-16-5-3-2-4-15(16)18/h2-9,19H,10-12H2,1H3,(H,20,21). The van der Waals surface area contributed by atoms with Crippen LogP contribution in [0.4, 0.5) is 5.69 Å². The summed E-state index contributed by atoms with van der Waals surface area (Å²) >= 11 is 3.34. The Kier molecular flexibility index (Phi) is 7.58. The van der Waals surface area contributed by atoms with E-state index in [0.717, 1.165) is 4.47 Å². The Morgan fingerprint density at radius 2 is 1.81 bits per heavy atom. The molecule has 0 spiro atoms. The van der Waals surface area contributed by atoms with Gasteiger partial charge in [0.2, 0.25) is 10.0 Å². The largest absolute Gasteiger partial charge is 0.484 e. The predicted octanol–water partition coefficient (Wildman–Crippen LogP) is 2.39. The van der Waals surface area contributed by atoms with Crippen molar-refractivity contribution < 1.29 is 22.7 Å². The lowest BCUT2D eigenvalue weighted by molar-refractivity contribution is -0.118. The minimum Gasteiger partial charge on any atom is -0.484 e. The number of para-hydroxylation sites is 1. The molecule has 0 fully saturated rings. The number of methoxy groups -OCH3 is 1. The molecule has 0 aliphatic rings. The maximum absolute atomic E-state index is 12.0. The van der Waals surface area contributed by atoms with Gasteiger partial charge in [-0.05, 0) is 52.3 Å². The van der Waals surface area contributed by atoms with Crippen molar-refractivity contribution in [3.63, 3.8) is 0 Å². The van der Waals surface area contributed by atoms with Crippen LogP contribution in [-0.2, 0) is 19.6 Å². The van der Waals surface area contributed by atoms with E-state index < -0.39 is 10.0 Å². The number of halogens is 1. The number of amides is 1. The number of rotatable bonds is 9. The van der Waals surface area contributed by atoms with E-state index in [9.17, 15) is 13.2 Å². The number of carbonyl (C=O) groups is 1. The molecule has 9 heteroatoms. The third kappa shape index (κ3) is 6.10. The topological polar surface area (TPSA) is 93.7 Å². The number of hydrogen-bond acceptors (Lipinski definition) is 5. The zero-order valence-corrected chi connectivity index (χ0v) is 16.5. The Labute approximate surface area is 160 Å². The molecular weight excluding hydrogens is 424 g/mol. The van der Waals surface area contributed by atoms with E-state index in [1.807, 2.05) is 12.1 Å². The number of hydrogen-bond donors (Lipinski definition) is 2. The van der Waals surface area contributed by atoms with Gasteiger partial charge in [0, 0.05) is 18.1 Å². The summed E-state index contributed by atoms with van der Waals surface area (Å²) in [6.45, 7) is 0.277. The molecule has 0 bridgehead atoms. The molecule has 0 saturated carbocycles. The monoisotopic (exact) mass is 442 g/mol. The molecular formula is C17H19BrN2O5S. The van der Waals surface area contributed by atoms with Crippen LogP contribution in [0.15, 0.2) is 57.9 Å². The highest BCUT2D eigenvalue weighted by Gasteiger charge is 2.13. The van der Waals surface area contributed by atoms with Crippen LogP contribution in [0.25, 0.3) is 0 Å². The van der Waals surface area contributed by atoms with Gasteiger partial charge in [0.25, 0.3) is 5.91 Å². The van der Waals surface area contributed by atoms with Crippen molar-refractivity contribution in [3.05, 3.63) is 53.0 Å². The Balaban J connectivity index is 1.89. The van der Waals surface area contributed by atoms with Gasteiger partial charge in [0.1, 0.15) is 5.75 Å². The van der Waals surface area contributed by atoms with Crippen LogP contribution >= 0.6 is 15.9 Å². The van der Waals surface area contributed by atoms with Crippen molar-refractivity contribution in [3.8, 4) is 5.75 Å². The molecule has 2 aromatic rings. The second kappa shape index (κ2) is 9.67. The van der Waals surface area contributed by atoms with Crippen LogP contribution in [0.1, 0.15) is 0 Å². The Hall–Kier alpha value is -1.94. The number of nitrogens with one attached hydrogen (secondary N) is 2. The molecule has 2 rings (SSSR count). The summed E-state index contributed by atoms with van der Waals surface area (Å²) in [5, 5.41) is 2.72. The summed E-state index contributed by atoms with van der Waals surface area (Å²) in [6.07, 6.45) is 0. The fourth-order valence-electron chi connectivity index (χ4n) is 1.97. The SMILES string of the molecule is COCCNS(=O)(=O)c1ccc(OCC(=O)Nc2ccccc2Br)cc1. The first-order chi connectivity index (χ1) is 12.4. The third-order valence-corrected chi connectivity index (χ3v) is 5.42. The second-order valence-corrected chi connectivity index (χ2v) is 7.80. The zero-order valence-electron chi connectivity index (χ0n) is 14.1. The van der Waals surface area contributed by atoms with Crippen molar-refractivity contribution in [2.24, 2.45) is 0 Å². The van der Waals surface area contributed by atoms with Gasteiger partial charge in [-0.2, -0.15) is 0 Å². The van der Waals surface area contributed by atoms with E-state index in [0.29, 0.717) is 11.4 Å². The minimum atomic E-state index is -3.60. The van der Waals surface area contributed by atoms with E-state index >= 15 is 0 Å². The second-order valence-electron chi connectivity index (χ2n) is 5.18. The molecule has 0 saturated heterocycles. The van der Waals surface area contributed by atoms with Crippen molar-refractivity contribution in [1.29, 1.82) is 0 Å². The molecule has 140 valence electrons. The Bertz CT molecular complexity index is 840. The van der Waals surface area contributed by atoms with Crippen LogP contribution < -0.4 is 14.8 Å². The summed E-state index contributed by atoms with van der Waals surface area (Å²) in [6, 6.07) is 13.0. The zero-order chi connectivity index (χ0) is 19.0. The summed E-state index contributed by atoms with van der Waals surface area (Å²) in [7, 11) is -2.10. The number of carbonyl (C=O) groups excluding carboxylic acids is 1.